The van der Waals surface area contributed by atoms with E-state index in [2.05, 4.69) is 179 Å². The Balaban J connectivity index is 0.000000180. The fourth-order valence-corrected chi connectivity index (χ4v) is 11.1. The number of rotatable bonds is 9. The molecule has 0 atom stereocenters. The molecule has 0 radical (unpaired) electrons. The van der Waals surface area contributed by atoms with E-state index in [0.29, 0.717) is 0 Å². The van der Waals surface area contributed by atoms with Crippen LogP contribution in [-0.2, 0) is 19.8 Å². The van der Waals surface area contributed by atoms with E-state index in [9.17, 15) is 0 Å². The molecule has 2 heterocycles. The number of benzene rings is 6. The van der Waals surface area contributed by atoms with Crippen LogP contribution >= 0.6 is 15.8 Å². The van der Waals surface area contributed by atoms with Crippen molar-refractivity contribution in [3.63, 3.8) is 0 Å². The first-order valence-corrected chi connectivity index (χ1v) is 20.6. The second-order valence-electron chi connectivity index (χ2n) is 12.2. The fourth-order valence-electron chi connectivity index (χ4n) is 6.12. The predicted molar refractivity (Wildman–Crippen MR) is 228 cm³/mol. The van der Waals surface area contributed by atoms with E-state index in [1.165, 1.54) is 32.3 Å². The standard InChI is InChI=1S/C26H22P2.C22H16N2.Os/c1-5-13-23(14-6-1)27(24-15-7-2-8-16-24)21-22-28(25-17-9-3-10-18-25)26-19-11-4-12-20-26;1-3-7-17(8-4-1)19-11-13-23-21(15-19)22-16-20(12-14-24-22)18-9-5-2-6-10-18;/h1-22H;1-16H;/p+2/b22-21-;;. The van der Waals surface area contributed by atoms with Crippen LogP contribution in [0.5, 0.6) is 0 Å². The van der Waals surface area contributed by atoms with Gasteiger partial charge in [-0.1, -0.05) is 133 Å². The van der Waals surface area contributed by atoms with Gasteiger partial charge in [-0.2, -0.15) is 0 Å². The summed E-state index contributed by atoms with van der Waals surface area (Å²) in [5, 5.41) is 5.71. The molecule has 0 spiro atoms. The maximum atomic E-state index is 4.51. The smallest absolute Gasteiger partial charge is 0.102 e. The molecule has 0 unspecified atom stereocenters. The molecular weight excluding hydrogens is 857 g/mol. The van der Waals surface area contributed by atoms with Crippen LogP contribution in [0.25, 0.3) is 33.6 Å². The van der Waals surface area contributed by atoms with Crippen molar-refractivity contribution >= 4 is 37.1 Å². The van der Waals surface area contributed by atoms with Crippen molar-refractivity contribution in [1.29, 1.82) is 0 Å². The van der Waals surface area contributed by atoms with E-state index in [1.54, 1.807) is 0 Å². The minimum Gasteiger partial charge on any atom is -0.255 e. The van der Waals surface area contributed by atoms with E-state index in [-0.39, 0.29) is 19.8 Å². The van der Waals surface area contributed by atoms with Crippen LogP contribution in [0, 0.1) is 0 Å². The molecule has 2 nitrogen and oxygen atoms in total. The van der Waals surface area contributed by atoms with Gasteiger partial charge >= 0.3 is 0 Å². The third-order valence-electron chi connectivity index (χ3n) is 8.75. The van der Waals surface area contributed by atoms with Gasteiger partial charge < -0.3 is 0 Å². The maximum absolute atomic E-state index is 4.51. The molecule has 8 rings (SSSR count). The van der Waals surface area contributed by atoms with Gasteiger partial charge in [-0.25, -0.2) is 0 Å². The Morgan fingerprint density at radius 1 is 0.302 bits per heavy atom. The van der Waals surface area contributed by atoms with Crippen LogP contribution in [-0.4, -0.2) is 9.97 Å². The number of hydrogen-bond donors (Lipinski definition) is 0. The summed E-state index contributed by atoms with van der Waals surface area (Å²) >= 11 is 0. The minimum absolute atomic E-state index is 0. The first-order chi connectivity index (χ1) is 25.8. The van der Waals surface area contributed by atoms with Crippen molar-refractivity contribution in [1.82, 2.24) is 9.97 Å². The molecule has 53 heavy (non-hydrogen) atoms. The zero-order chi connectivity index (χ0) is 35.2. The van der Waals surface area contributed by atoms with Crippen LogP contribution in [0.3, 0.4) is 0 Å². The summed E-state index contributed by atoms with van der Waals surface area (Å²) in [6.07, 6.45) is 3.68. The van der Waals surface area contributed by atoms with Crippen LogP contribution in [0.2, 0.25) is 0 Å². The van der Waals surface area contributed by atoms with Crippen LogP contribution in [0.1, 0.15) is 0 Å². The number of aromatic nitrogens is 2. The molecule has 8 aromatic rings. The molecule has 5 heteroatoms. The third-order valence-corrected chi connectivity index (χ3v) is 13.9. The van der Waals surface area contributed by atoms with E-state index in [1.807, 2.05) is 60.9 Å². The van der Waals surface area contributed by atoms with Gasteiger partial charge in [0.1, 0.15) is 32.9 Å². The van der Waals surface area contributed by atoms with Crippen LogP contribution < -0.4 is 21.2 Å². The molecule has 0 aliphatic rings. The molecule has 0 saturated carbocycles. The Morgan fingerprint density at radius 3 is 0.849 bits per heavy atom. The number of pyridine rings is 2. The molecule has 0 aliphatic heterocycles. The number of hydrogen-bond acceptors (Lipinski definition) is 2. The van der Waals surface area contributed by atoms with Gasteiger partial charge in [0.05, 0.1) is 27.2 Å². The van der Waals surface area contributed by atoms with Gasteiger partial charge in [-0.05, 0) is 95.1 Å². The molecule has 2 aromatic heterocycles. The largest absolute Gasteiger partial charge is 0.255 e. The SMILES string of the molecule is C(=C/[PH+](c1ccccc1)c1ccccc1)/[PH+](c1ccccc1)c1ccccc1.[Os].c1ccc(-c2ccnc(-c3cc(-c4ccccc4)ccn3)c2)cc1. The Hall–Kier alpha value is -5.14. The second-order valence-corrected chi connectivity index (χ2v) is 16.8. The Labute approximate surface area is 328 Å². The quantitative estimate of drug-likeness (QED) is 0.135. The Morgan fingerprint density at radius 2 is 0.566 bits per heavy atom. The monoisotopic (exact) mass is 898 g/mol. The fraction of sp³-hybridized carbons (Fsp3) is 0. The Kier molecular flexibility index (Phi) is 13.9. The van der Waals surface area contributed by atoms with Crippen molar-refractivity contribution in [2.75, 3.05) is 0 Å². The first-order valence-electron chi connectivity index (χ1n) is 17.5. The molecule has 6 aromatic carbocycles. The van der Waals surface area contributed by atoms with Crippen molar-refractivity contribution in [3.05, 3.63) is 230 Å². The molecule has 0 N–H and O–H groups in total. The summed E-state index contributed by atoms with van der Waals surface area (Å²) in [6, 6.07) is 72.6. The molecule has 0 saturated heterocycles. The molecule has 0 fully saturated rings. The third kappa shape index (κ3) is 10.3. The van der Waals surface area contributed by atoms with E-state index < -0.39 is 15.8 Å². The number of nitrogens with zero attached hydrogens (tertiary/aromatic N) is 2. The molecule has 0 amide bonds. The van der Waals surface area contributed by atoms with Gasteiger partial charge in [-0.3, -0.25) is 9.97 Å². The zero-order valence-electron chi connectivity index (χ0n) is 29.2. The summed E-state index contributed by atoms with van der Waals surface area (Å²) in [5.41, 5.74) is 6.42. The van der Waals surface area contributed by atoms with Crippen molar-refractivity contribution in [2.24, 2.45) is 0 Å². The topological polar surface area (TPSA) is 25.8 Å². The van der Waals surface area contributed by atoms with Gasteiger partial charge in [0, 0.05) is 32.2 Å². The summed E-state index contributed by atoms with van der Waals surface area (Å²) in [7, 11) is -1.93. The van der Waals surface area contributed by atoms with Crippen LogP contribution in [0.15, 0.2) is 230 Å². The summed E-state index contributed by atoms with van der Waals surface area (Å²) < 4.78 is 0. The molecule has 0 bridgehead atoms. The summed E-state index contributed by atoms with van der Waals surface area (Å²) in [6.45, 7) is 0. The van der Waals surface area contributed by atoms with E-state index in [4.69, 9.17) is 0 Å². The molecule has 258 valence electrons. The normalized spacial score (nSPS) is 10.8. The van der Waals surface area contributed by atoms with Crippen molar-refractivity contribution in [2.45, 2.75) is 0 Å². The minimum atomic E-state index is -0.964. The maximum Gasteiger partial charge on any atom is 0.102 e. The second kappa shape index (κ2) is 19.6. The van der Waals surface area contributed by atoms with Gasteiger partial charge in [0.2, 0.25) is 0 Å². The van der Waals surface area contributed by atoms with Gasteiger partial charge in [0.25, 0.3) is 0 Å². The van der Waals surface area contributed by atoms with E-state index in [0.717, 1.165) is 22.5 Å². The van der Waals surface area contributed by atoms with Gasteiger partial charge in [0.15, 0.2) is 0 Å². The zero-order valence-corrected chi connectivity index (χ0v) is 33.7. The van der Waals surface area contributed by atoms with Crippen LogP contribution in [0.4, 0.5) is 0 Å². The van der Waals surface area contributed by atoms with Crippen molar-refractivity contribution < 1.29 is 19.8 Å². The average Bonchev–Trinajstić information content (AvgIpc) is 3.25. The predicted octanol–water partition coefficient (Wildman–Crippen LogP) is 10.7. The summed E-state index contributed by atoms with van der Waals surface area (Å²) in [4.78, 5) is 9.01. The first kappa shape index (κ1) is 37.6. The Bertz CT molecular complexity index is 2040. The van der Waals surface area contributed by atoms with Crippen molar-refractivity contribution in [3.8, 4) is 33.6 Å². The average molecular weight is 897 g/mol. The van der Waals surface area contributed by atoms with E-state index >= 15 is 0 Å². The molecular formula is C48H40N2OsP2+2. The van der Waals surface area contributed by atoms with Gasteiger partial charge in [-0.15, -0.1) is 0 Å². The molecule has 0 aliphatic carbocycles. The summed E-state index contributed by atoms with van der Waals surface area (Å²) in [5.74, 6) is 5.01.